The topological polar surface area (TPSA) is 73.9 Å². The predicted molar refractivity (Wildman–Crippen MR) is 127 cm³/mol. The van der Waals surface area contributed by atoms with E-state index in [-0.39, 0.29) is 11.8 Å². The zero-order valence-corrected chi connectivity index (χ0v) is 18.9. The van der Waals surface area contributed by atoms with Gasteiger partial charge in [-0.25, -0.2) is 0 Å². The standard InChI is InChI=1S/C25H34N4O3/c1-26-13-5-14-27-24(30)21-9-11-23(12-10-21)29(25(31)22-7-3-2-4-8-22)16-6-15-28-17-19-32-20-18-28/h2-4,7-12,26H,5-6,13-20H2,1H3,(H,27,30). The van der Waals surface area contributed by atoms with Crippen molar-refractivity contribution < 1.29 is 14.3 Å². The van der Waals surface area contributed by atoms with E-state index in [0.29, 0.717) is 24.2 Å². The molecule has 0 radical (unpaired) electrons. The van der Waals surface area contributed by atoms with Gasteiger partial charge in [-0.2, -0.15) is 0 Å². The number of hydrogen-bond acceptors (Lipinski definition) is 5. The van der Waals surface area contributed by atoms with Crippen molar-refractivity contribution in [2.45, 2.75) is 12.8 Å². The highest BCUT2D eigenvalue weighted by Gasteiger charge is 2.19. The third-order valence-corrected chi connectivity index (χ3v) is 5.56. The Morgan fingerprint density at radius 1 is 0.938 bits per heavy atom. The minimum Gasteiger partial charge on any atom is -0.379 e. The zero-order chi connectivity index (χ0) is 22.6. The van der Waals surface area contributed by atoms with Gasteiger partial charge in [-0.05, 0) is 62.8 Å². The first-order valence-corrected chi connectivity index (χ1v) is 11.4. The van der Waals surface area contributed by atoms with Gasteiger partial charge in [0.25, 0.3) is 11.8 Å². The summed E-state index contributed by atoms with van der Waals surface area (Å²) in [5.41, 5.74) is 2.05. The second kappa shape index (κ2) is 13.0. The highest BCUT2D eigenvalue weighted by atomic mass is 16.5. The Morgan fingerprint density at radius 2 is 1.66 bits per heavy atom. The first kappa shape index (κ1) is 23.9. The van der Waals surface area contributed by atoms with Gasteiger partial charge in [0, 0.05) is 49.5 Å². The van der Waals surface area contributed by atoms with E-state index in [1.54, 1.807) is 12.1 Å². The van der Waals surface area contributed by atoms with E-state index in [0.717, 1.165) is 57.9 Å². The molecule has 0 unspecified atom stereocenters. The van der Waals surface area contributed by atoms with E-state index in [2.05, 4.69) is 15.5 Å². The molecule has 2 aromatic rings. The maximum Gasteiger partial charge on any atom is 0.258 e. The molecule has 7 heteroatoms. The lowest BCUT2D eigenvalue weighted by atomic mass is 10.1. The molecule has 172 valence electrons. The third kappa shape index (κ3) is 7.15. The third-order valence-electron chi connectivity index (χ3n) is 5.56. The minimum absolute atomic E-state index is 0.0307. The Morgan fingerprint density at radius 3 is 2.34 bits per heavy atom. The van der Waals surface area contributed by atoms with Crippen LogP contribution in [0.5, 0.6) is 0 Å². The SMILES string of the molecule is CNCCCNC(=O)c1ccc(N(CCCN2CCOCC2)C(=O)c2ccccc2)cc1. The molecule has 32 heavy (non-hydrogen) atoms. The Hall–Kier alpha value is -2.74. The van der Waals surface area contributed by atoms with Gasteiger partial charge in [-0.1, -0.05) is 18.2 Å². The summed E-state index contributed by atoms with van der Waals surface area (Å²) in [5, 5.41) is 5.99. The van der Waals surface area contributed by atoms with Crippen LogP contribution in [0.1, 0.15) is 33.6 Å². The van der Waals surface area contributed by atoms with Crippen molar-refractivity contribution in [1.82, 2.24) is 15.5 Å². The summed E-state index contributed by atoms with van der Waals surface area (Å²) in [7, 11) is 1.89. The van der Waals surface area contributed by atoms with Gasteiger partial charge >= 0.3 is 0 Å². The van der Waals surface area contributed by atoms with Crippen LogP contribution in [-0.4, -0.2) is 76.2 Å². The summed E-state index contributed by atoms with van der Waals surface area (Å²) in [4.78, 5) is 29.8. The maximum absolute atomic E-state index is 13.3. The number of rotatable bonds is 11. The van der Waals surface area contributed by atoms with E-state index in [9.17, 15) is 9.59 Å². The van der Waals surface area contributed by atoms with Crippen molar-refractivity contribution >= 4 is 17.5 Å². The van der Waals surface area contributed by atoms with Crippen LogP contribution in [0.25, 0.3) is 0 Å². The molecule has 0 atom stereocenters. The fourth-order valence-corrected chi connectivity index (χ4v) is 3.72. The zero-order valence-electron chi connectivity index (χ0n) is 18.9. The molecule has 1 aliphatic rings. The summed E-state index contributed by atoms with van der Waals surface area (Å²) in [6.07, 6.45) is 1.75. The Labute approximate surface area is 190 Å². The lowest BCUT2D eigenvalue weighted by Gasteiger charge is -2.28. The molecule has 1 fully saturated rings. The molecule has 2 amide bonds. The molecule has 3 rings (SSSR count). The second-order valence-corrected chi connectivity index (χ2v) is 7.89. The fourth-order valence-electron chi connectivity index (χ4n) is 3.72. The number of carbonyl (C=O) groups excluding carboxylic acids is 2. The Kier molecular flexibility index (Phi) is 9.68. The van der Waals surface area contributed by atoms with E-state index < -0.39 is 0 Å². The number of amides is 2. The first-order valence-electron chi connectivity index (χ1n) is 11.4. The summed E-state index contributed by atoms with van der Waals surface area (Å²) in [5.74, 6) is -0.127. The lowest BCUT2D eigenvalue weighted by molar-refractivity contribution is 0.0376. The van der Waals surface area contributed by atoms with Gasteiger partial charge in [0.15, 0.2) is 0 Å². The van der Waals surface area contributed by atoms with Crippen molar-refractivity contribution in [3.8, 4) is 0 Å². The van der Waals surface area contributed by atoms with Gasteiger partial charge in [0.2, 0.25) is 0 Å². The van der Waals surface area contributed by atoms with Crippen molar-refractivity contribution in [1.29, 1.82) is 0 Å². The highest BCUT2D eigenvalue weighted by Crippen LogP contribution is 2.19. The number of nitrogens with one attached hydrogen (secondary N) is 2. The number of anilines is 1. The number of ether oxygens (including phenoxy) is 1. The monoisotopic (exact) mass is 438 g/mol. The summed E-state index contributed by atoms with van der Waals surface area (Å²) >= 11 is 0. The minimum atomic E-state index is -0.0964. The van der Waals surface area contributed by atoms with Crippen molar-refractivity contribution in [3.05, 3.63) is 65.7 Å². The fraction of sp³-hybridized carbons (Fsp3) is 0.440. The number of carbonyl (C=O) groups is 2. The number of nitrogens with zero attached hydrogens (tertiary/aromatic N) is 2. The van der Waals surface area contributed by atoms with E-state index in [1.807, 2.05) is 54.4 Å². The van der Waals surface area contributed by atoms with Gasteiger partial charge in [-0.3, -0.25) is 14.5 Å². The van der Waals surface area contributed by atoms with Gasteiger partial charge in [0.05, 0.1) is 13.2 Å². The molecule has 0 bridgehead atoms. The van der Waals surface area contributed by atoms with Crippen LogP contribution in [0.15, 0.2) is 54.6 Å². The molecule has 0 saturated carbocycles. The molecule has 7 nitrogen and oxygen atoms in total. The number of morpholine rings is 1. The van der Waals surface area contributed by atoms with Crippen molar-refractivity contribution in [2.24, 2.45) is 0 Å². The quantitative estimate of drug-likeness (QED) is 0.527. The Balaban J connectivity index is 1.66. The average molecular weight is 439 g/mol. The van der Waals surface area contributed by atoms with E-state index >= 15 is 0 Å². The molecule has 1 aliphatic heterocycles. The van der Waals surface area contributed by atoms with Gasteiger partial charge in [-0.15, -0.1) is 0 Å². The second-order valence-electron chi connectivity index (χ2n) is 7.89. The van der Waals surface area contributed by atoms with Gasteiger partial charge in [0.1, 0.15) is 0 Å². The van der Waals surface area contributed by atoms with Crippen LogP contribution < -0.4 is 15.5 Å². The maximum atomic E-state index is 13.3. The highest BCUT2D eigenvalue weighted by molar-refractivity contribution is 6.06. The molecule has 1 heterocycles. The molecular weight excluding hydrogens is 404 g/mol. The summed E-state index contributed by atoms with van der Waals surface area (Å²) in [6, 6.07) is 16.6. The molecule has 2 N–H and O–H groups in total. The van der Waals surface area contributed by atoms with Crippen LogP contribution in [-0.2, 0) is 4.74 Å². The average Bonchev–Trinajstić information content (AvgIpc) is 2.85. The first-order chi connectivity index (χ1) is 15.7. The lowest BCUT2D eigenvalue weighted by Crippen LogP contribution is -2.39. The summed E-state index contributed by atoms with van der Waals surface area (Å²) in [6.45, 7) is 6.43. The van der Waals surface area contributed by atoms with Crippen LogP contribution in [0.3, 0.4) is 0 Å². The number of benzene rings is 2. The van der Waals surface area contributed by atoms with Crippen LogP contribution in [0, 0.1) is 0 Å². The molecule has 0 aromatic heterocycles. The molecule has 1 saturated heterocycles. The Bertz CT molecular complexity index is 836. The molecule has 0 spiro atoms. The number of hydrogen-bond donors (Lipinski definition) is 2. The normalized spacial score (nSPS) is 14.2. The van der Waals surface area contributed by atoms with Crippen molar-refractivity contribution in [2.75, 3.05) is 64.4 Å². The van der Waals surface area contributed by atoms with E-state index in [1.165, 1.54) is 0 Å². The largest absolute Gasteiger partial charge is 0.379 e. The van der Waals surface area contributed by atoms with Crippen LogP contribution in [0.2, 0.25) is 0 Å². The van der Waals surface area contributed by atoms with E-state index in [4.69, 9.17) is 4.74 Å². The smallest absolute Gasteiger partial charge is 0.258 e. The van der Waals surface area contributed by atoms with Crippen LogP contribution in [0.4, 0.5) is 5.69 Å². The van der Waals surface area contributed by atoms with Crippen molar-refractivity contribution in [3.63, 3.8) is 0 Å². The molecule has 2 aromatic carbocycles. The molecular formula is C25H34N4O3. The molecule has 0 aliphatic carbocycles. The summed E-state index contributed by atoms with van der Waals surface area (Å²) < 4.78 is 5.42. The van der Waals surface area contributed by atoms with Gasteiger partial charge < -0.3 is 20.3 Å². The predicted octanol–water partition coefficient (Wildman–Crippen LogP) is 2.40. The van der Waals surface area contributed by atoms with Crippen LogP contribution >= 0.6 is 0 Å².